The van der Waals surface area contributed by atoms with Crippen molar-refractivity contribution in [2.75, 3.05) is 44.9 Å². The van der Waals surface area contributed by atoms with Crippen LogP contribution < -0.4 is 19.1 Å². The van der Waals surface area contributed by atoms with Crippen molar-refractivity contribution in [3.05, 3.63) is 46.5 Å². The lowest BCUT2D eigenvalue weighted by Crippen LogP contribution is -2.37. The molecule has 0 saturated carbocycles. The fraction of sp³-hybridized carbons (Fsp3) is 0.440. The van der Waals surface area contributed by atoms with Crippen LogP contribution in [-0.2, 0) is 13.0 Å². The maximum atomic E-state index is 6.38. The van der Waals surface area contributed by atoms with Crippen LogP contribution in [0.25, 0.3) is 11.8 Å². The molecule has 0 amide bonds. The zero-order valence-electron chi connectivity index (χ0n) is 17.8. The molecular formula is C25H27ClN2O3. The second-order valence-electron chi connectivity index (χ2n) is 8.70. The molecule has 162 valence electrons. The predicted octanol–water partition coefficient (Wildman–Crippen LogP) is 4.54. The number of piperidine rings is 1. The Bertz CT molecular complexity index is 1060. The normalized spacial score (nSPS) is 19.9. The largest absolute Gasteiger partial charge is 0.495 e. The van der Waals surface area contributed by atoms with Crippen molar-refractivity contribution in [2.24, 2.45) is 0 Å². The minimum Gasteiger partial charge on any atom is -0.495 e. The van der Waals surface area contributed by atoms with Crippen molar-refractivity contribution >= 4 is 29.1 Å². The van der Waals surface area contributed by atoms with Gasteiger partial charge in [-0.25, -0.2) is 0 Å². The maximum Gasteiger partial charge on any atom is 0.162 e. The number of fused-ring (bicyclic) bond motifs is 5. The van der Waals surface area contributed by atoms with Crippen LogP contribution in [-0.4, -0.2) is 50.2 Å². The van der Waals surface area contributed by atoms with Crippen LogP contribution >= 0.6 is 11.6 Å². The van der Waals surface area contributed by atoms with Gasteiger partial charge in [0.15, 0.2) is 11.5 Å². The van der Waals surface area contributed by atoms with Crippen LogP contribution in [0.15, 0.2) is 24.3 Å². The Morgan fingerprint density at radius 2 is 1.77 bits per heavy atom. The quantitative estimate of drug-likeness (QED) is 0.643. The highest BCUT2D eigenvalue weighted by atomic mass is 35.5. The summed E-state index contributed by atoms with van der Waals surface area (Å²) in [7, 11) is 1.77. The van der Waals surface area contributed by atoms with Gasteiger partial charge >= 0.3 is 0 Å². The summed E-state index contributed by atoms with van der Waals surface area (Å²) in [6, 6.07) is 8.65. The lowest BCUT2D eigenvalue weighted by atomic mass is 9.89. The fourth-order valence-electron chi connectivity index (χ4n) is 5.31. The summed E-state index contributed by atoms with van der Waals surface area (Å²) in [5, 5.41) is 0.281. The Hall–Kier alpha value is -2.53. The number of ether oxygens (including phenoxy) is 3. The van der Waals surface area contributed by atoms with Crippen molar-refractivity contribution in [1.82, 2.24) is 4.90 Å². The highest BCUT2D eigenvalue weighted by molar-refractivity contribution is 6.20. The molecule has 1 fully saturated rings. The molecule has 6 heteroatoms. The average Bonchev–Trinajstić information content (AvgIpc) is 2.81. The molecule has 5 nitrogen and oxygen atoms in total. The van der Waals surface area contributed by atoms with E-state index in [4.69, 9.17) is 25.8 Å². The molecule has 0 bridgehead atoms. The number of hydrogen-bond acceptors (Lipinski definition) is 5. The molecule has 4 aliphatic heterocycles. The number of benzene rings is 2. The van der Waals surface area contributed by atoms with Crippen LogP contribution in [0.1, 0.15) is 35.1 Å². The van der Waals surface area contributed by atoms with Gasteiger partial charge in [0, 0.05) is 48.4 Å². The van der Waals surface area contributed by atoms with E-state index in [9.17, 15) is 0 Å². The Kier molecular flexibility index (Phi) is 4.67. The Labute approximate surface area is 188 Å². The van der Waals surface area contributed by atoms with Crippen LogP contribution in [0, 0.1) is 0 Å². The van der Waals surface area contributed by atoms with E-state index in [1.54, 1.807) is 7.11 Å². The van der Waals surface area contributed by atoms with Gasteiger partial charge in [0.2, 0.25) is 0 Å². The molecule has 0 aliphatic carbocycles. The number of nitrogens with zero attached hydrogens (tertiary/aromatic N) is 2. The molecule has 0 aromatic heterocycles. The molecular weight excluding hydrogens is 412 g/mol. The van der Waals surface area contributed by atoms with E-state index in [-0.39, 0.29) is 5.38 Å². The van der Waals surface area contributed by atoms with E-state index >= 15 is 0 Å². The van der Waals surface area contributed by atoms with Gasteiger partial charge in [-0.3, -0.25) is 0 Å². The lowest BCUT2D eigenvalue weighted by Gasteiger charge is -2.40. The molecule has 0 spiro atoms. The number of rotatable bonds is 2. The van der Waals surface area contributed by atoms with Gasteiger partial charge in [0.25, 0.3) is 0 Å². The Balaban J connectivity index is 1.44. The maximum absolute atomic E-state index is 6.38. The van der Waals surface area contributed by atoms with Crippen molar-refractivity contribution in [1.29, 1.82) is 0 Å². The van der Waals surface area contributed by atoms with Crippen molar-refractivity contribution in [3.63, 3.8) is 0 Å². The van der Waals surface area contributed by atoms with Crippen LogP contribution in [0.3, 0.4) is 0 Å². The van der Waals surface area contributed by atoms with Crippen molar-refractivity contribution < 1.29 is 14.2 Å². The Morgan fingerprint density at radius 3 is 2.55 bits per heavy atom. The highest BCUT2D eigenvalue weighted by Gasteiger charge is 2.31. The first kappa shape index (κ1) is 19.2. The first-order valence-corrected chi connectivity index (χ1v) is 11.6. The van der Waals surface area contributed by atoms with Crippen LogP contribution in [0.2, 0.25) is 0 Å². The van der Waals surface area contributed by atoms with E-state index in [0.29, 0.717) is 13.2 Å². The van der Waals surface area contributed by atoms with Gasteiger partial charge in [-0.15, -0.1) is 11.6 Å². The molecule has 0 atom stereocenters. The van der Waals surface area contributed by atoms with Gasteiger partial charge < -0.3 is 24.0 Å². The van der Waals surface area contributed by atoms with Gasteiger partial charge in [0.1, 0.15) is 19.0 Å². The molecule has 0 N–H and O–H groups in total. The minimum atomic E-state index is 0.281. The van der Waals surface area contributed by atoms with Gasteiger partial charge in [-0.1, -0.05) is 6.07 Å². The molecule has 0 unspecified atom stereocenters. The standard InChI is InChI=1S/C25H27ClN2O3/c1-29-22-3-2-16-12-21-19-14-24-23(30-10-11-31-24)13-17(19)4-7-28(21)15-20(16)25(22)27-8-5-18(26)6-9-27/h2-3,12-14,18H,4-11,15H2,1H3. The number of alkyl halides is 1. The number of anilines is 1. The average molecular weight is 439 g/mol. The molecule has 6 rings (SSSR count). The molecule has 2 aromatic rings. The first-order valence-electron chi connectivity index (χ1n) is 11.2. The number of hydrogen-bond donors (Lipinski definition) is 0. The summed E-state index contributed by atoms with van der Waals surface area (Å²) >= 11 is 6.38. The minimum absolute atomic E-state index is 0.281. The topological polar surface area (TPSA) is 34.2 Å². The summed E-state index contributed by atoms with van der Waals surface area (Å²) in [6.07, 6.45) is 5.37. The molecule has 2 aromatic carbocycles. The van der Waals surface area contributed by atoms with Crippen LogP contribution in [0.4, 0.5) is 5.69 Å². The van der Waals surface area contributed by atoms with Gasteiger partial charge in [-0.05, 0) is 54.7 Å². The van der Waals surface area contributed by atoms with Gasteiger partial charge in [-0.2, -0.15) is 0 Å². The highest BCUT2D eigenvalue weighted by Crippen LogP contribution is 2.45. The van der Waals surface area contributed by atoms with Gasteiger partial charge in [0.05, 0.1) is 12.8 Å². The number of halogens is 1. The van der Waals surface area contributed by atoms with Crippen molar-refractivity contribution in [3.8, 4) is 17.2 Å². The molecule has 4 aliphatic rings. The summed E-state index contributed by atoms with van der Waals surface area (Å²) in [5.74, 6) is 2.70. The number of methoxy groups -OCH3 is 1. The van der Waals surface area contributed by atoms with E-state index in [1.807, 2.05) is 0 Å². The molecule has 31 heavy (non-hydrogen) atoms. The second-order valence-corrected chi connectivity index (χ2v) is 9.32. The lowest BCUT2D eigenvalue weighted by molar-refractivity contribution is 0.171. The third-order valence-corrected chi connectivity index (χ3v) is 7.36. The Morgan fingerprint density at radius 1 is 1.00 bits per heavy atom. The summed E-state index contributed by atoms with van der Waals surface area (Å²) < 4.78 is 17.5. The third-order valence-electron chi connectivity index (χ3n) is 6.92. The second kappa shape index (κ2) is 7.56. The summed E-state index contributed by atoms with van der Waals surface area (Å²) in [6.45, 7) is 5.08. The van der Waals surface area contributed by atoms with E-state index < -0.39 is 0 Å². The predicted molar refractivity (Wildman–Crippen MR) is 123 cm³/mol. The smallest absolute Gasteiger partial charge is 0.162 e. The van der Waals surface area contributed by atoms with Crippen molar-refractivity contribution in [2.45, 2.75) is 31.2 Å². The fourth-order valence-corrected chi connectivity index (χ4v) is 5.50. The molecule has 4 heterocycles. The zero-order valence-corrected chi connectivity index (χ0v) is 18.6. The summed E-state index contributed by atoms with van der Waals surface area (Å²) in [4.78, 5) is 4.97. The first-order chi connectivity index (χ1) is 15.2. The molecule has 0 radical (unpaired) electrons. The van der Waals surface area contributed by atoms with E-state index in [0.717, 1.165) is 62.7 Å². The van der Waals surface area contributed by atoms with E-state index in [2.05, 4.69) is 40.1 Å². The molecule has 1 saturated heterocycles. The zero-order chi connectivity index (χ0) is 20.9. The monoisotopic (exact) mass is 438 g/mol. The van der Waals surface area contributed by atoms with E-state index in [1.165, 1.54) is 33.6 Å². The SMILES string of the molecule is COc1ccc2c(c1N1CCC(Cl)CC1)CN1CCc3cc4c(cc3C1=C2)OCCO4. The summed E-state index contributed by atoms with van der Waals surface area (Å²) in [5.41, 5.74) is 7.76. The third kappa shape index (κ3) is 3.21. The van der Waals surface area contributed by atoms with Crippen LogP contribution in [0.5, 0.6) is 17.2 Å².